The number of rotatable bonds is 4. The van der Waals surface area contributed by atoms with Crippen LogP contribution >= 0.6 is 0 Å². The van der Waals surface area contributed by atoms with E-state index in [0.29, 0.717) is 45.6 Å². The summed E-state index contributed by atoms with van der Waals surface area (Å²) in [6.07, 6.45) is 1.61. The lowest BCUT2D eigenvalue weighted by Gasteiger charge is -2.33. The highest BCUT2D eigenvalue weighted by Gasteiger charge is 2.54. The van der Waals surface area contributed by atoms with Crippen LogP contribution < -0.4 is 0 Å². The zero-order valence-electron chi connectivity index (χ0n) is 14.4. The van der Waals surface area contributed by atoms with Crippen LogP contribution in [-0.2, 0) is 20.7 Å². The fourth-order valence-electron chi connectivity index (χ4n) is 4.11. The number of ether oxygens (including phenoxy) is 1. The quantitative estimate of drug-likeness (QED) is 0.918. The molecule has 0 spiro atoms. The Balaban J connectivity index is 1.64. The molecule has 3 rings (SSSR count). The zero-order chi connectivity index (χ0) is 17.3. The highest BCUT2D eigenvalue weighted by molar-refractivity contribution is 5.81. The van der Waals surface area contributed by atoms with Crippen LogP contribution in [-0.4, -0.2) is 48.2 Å². The average molecular weight is 331 g/mol. The first-order valence-corrected chi connectivity index (χ1v) is 8.57. The van der Waals surface area contributed by atoms with Crippen molar-refractivity contribution in [2.75, 3.05) is 26.3 Å². The van der Waals surface area contributed by atoms with Gasteiger partial charge >= 0.3 is 5.97 Å². The molecule has 0 aromatic heterocycles. The summed E-state index contributed by atoms with van der Waals surface area (Å²) < 4.78 is 5.44. The molecule has 0 unspecified atom stereocenters. The Bertz CT molecular complexity index is 637. The number of likely N-dealkylation sites (tertiary alicyclic amines) is 1. The van der Waals surface area contributed by atoms with E-state index in [4.69, 9.17) is 4.74 Å². The Morgan fingerprint density at radius 2 is 2.00 bits per heavy atom. The highest BCUT2D eigenvalue weighted by atomic mass is 16.5. The maximum Gasteiger partial charge on any atom is 0.311 e. The van der Waals surface area contributed by atoms with Gasteiger partial charge in [-0.1, -0.05) is 29.3 Å². The van der Waals surface area contributed by atoms with Crippen molar-refractivity contribution in [1.29, 1.82) is 0 Å². The maximum absolute atomic E-state index is 12.6. The number of carbonyl (C=O) groups excluding carboxylic acids is 1. The van der Waals surface area contributed by atoms with Gasteiger partial charge in [0.15, 0.2) is 0 Å². The van der Waals surface area contributed by atoms with Crippen LogP contribution in [0.3, 0.4) is 0 Å². The molecule has 2 saturated heterocycles. The molecule has 2 aliphatic heterocycles. The molecular weight excluding hydrogens is 306 g/mol. The Kier molecular flexibility index (Phi) is 4.63. The molecule has 2 heterocycles. The SMILES string of the molecule is Cc1cc(C)cc(CCC(=O)N2C[C@H]3COCC[C@@]3(C(=O)O)C2)c1. The summed E-state index contributed by atoms with van der Waals surface area (Å²) in [6.45, 7) is 5.83. The first-order chi connectivity index (χ1) is 11.4. The van der Waals surface area contributed by atoms with Gasteiger partial charge in [-0.3, -0.25) is 9.59 Å². The van der Waals surface area contributed by atoms with Gasteiger partial charge < -0.3 is 14.7 Å². The lowest BCUT2D eigenvalue weighted by molar-refractivity contribution is -0.157. The molecular formula is C19H25NO4. The average Bonchev–Trinajstić information content (AvgIpc) is 2.93. The maximum atomic E-state index is 12.6. The number of fused-ring (bicyclic) bond motifs is 1. The standard InChI is InChI=1S/C19H25NO4/c1-13-7-14(2)9-15(8-13)3-4-17(21)20-10-16-11-24-6-5-19(16,12-20)18(22)23/h7-9,16H,3-6,10-12H2,1-2H3,(H,22,23)/t16-,19+/m0/s1. The summed E-state index contributed by atoms with van der Waals surface area (Å²) in [4.78, 5) is 26.1. The van der Waals surface area contributed by atoms with Crippen molar-refractivity contribution in [3.05, 3.63) is 34.9 Å². The number of benzene rings is 1. The number of carboxylic acid groups (broad SMARTS) is 1. The Morgan fingerprint density at radius 1 is 1.29 bits per heavy atom. The second kappa shape index (κ2) is 6.55. The number of aliphatic carboxylic acids is 1. The molecule has 0 aliphatic carbocycles. The van der Waals surface area contributed by atoms with E-state index in [1.165, 1.54) is 11.1 Å². The van der Waals surface area contributed by atoms with Gasteiger partial charge in [0.05, 0.1) is 12.0 Å². The van der Waals surface area contributed by atoms with E-state index < -0.39 is 11.4 Å². The van der Waals surface area contributed by atoms with Crippen LogP contribution in [0.4, 0.5) is 0 Å². The summed E-state index contributed by atoms with van der Waals surface area (Å²) in [5.74, 6) is -0.835. The fraction of sp³-hybridized carbons (Fsp3) is 0.579. The Hall–Kier alpha value is -1.88. The van der Waals surface area contributed by atoms with Crippen LogP contribution in [0, 0.1) is 25.2 Å². The number of aryl methyl sites for hydroxylation is 3. The summed E-state index contributed by atoms with van der Waals surface area (Å²) in [7, 11) is 0. The molecule has 0 saturated carbocycles. The van der Waals surface area contributed by atoms with Gasteiger partial charge in [0.2, 0.25) is 5.91 Å². The molecule has 1 aromatic rings. The molecule has 2 atom stereocenters. The predicted molar refractivity (Wildman–Crippen MR) is 89.8 cm³/mol. The van der Waals surface area contributed by atoms with Crippen LogP contribution in [0.25, 0.3) is 0 Å². The second-order valence-corrected chi connectivity index (χ2v) is 7.25. The Labute approximate surface area is 142 Å². The van der Waals surface area contributed by atoms with E-state index in [9.17, 15) is 14.7 Å². The third kappa shape index (κ3) is 3.18. The van der Waals surface area contributed by atoms with Crippen molar-refractivity contribution in [3.63, 3.8) is 0 Å². The topological polar surface area (TPSA) is 66.8 Å². The van der Waals surface area contributed by atoms with Crippen molar-refractivity contribution in [2.24, 2.45) is 11.3 Å². The first kappa shape index (κ1) is 17.0. The van der Waals surface area contributed by atoms with Crippen molar-refractivity contribution in [3.8, 4) is 0 Å². The van der Waals surface area contributed by atoms with Gasteiger partial charge in [0.25, 0.3) is 0 Å². The number of hydrogen-bond acceptors (Lipinski definition) is 3. The van der Waals surface area contributed by atoms with Crippen molar-refractivity contribution in [1.82, 2.24) is 4.90 Å². The van der Waals surface area contributed by atoms with E-state index in [2.05, 4.69) is 32.0 Å². The minimum atomic E-state index is -0.812. The van der Waals surface area contributed by atoms with E-state index in [-0.39, 0.29) is 11.8 Å². The van der Waals surface area contributed by atoms with Gasteiger partial charge in [-0.2, -0.15) is 0 Å². The van der Waals surface area contributed by atoms with Crippen LogP contribution in [0.15, 0.2) is 18.2 Å². The predicted octanol–water partition coefficient (Wildman–Crippen LogP) is 2.19. The molecule has 5 heteroatoms. The summed E-state index contributed by atoms with van der Waals surface area (Å²) in [5, 5.41) is 9.67. The summed E-state index contributed by atoms with van der Waals surface area (Å²) in [5.41, 5.74) is 2.75. The van der Waals surface area contributed by atoms with Crippen molar-refractivity contribution >= 4 is 11.9 Å². The van der Waals surface area contributed by atoms with E-state index in [1.54, 1.807) is 4.90 Å². The molecule has 1 aromatic carbocycles. The highest BCUT2D eigenvalue weighted by Crippen LogP contribution is 2.42. The summed E-state index contributed by atoms with van der Waals surface area (Å²) in [6, 6.07) is 6.33. The largest absolute Gasteiger partial charge is 0.481 e. The first-order valence-electron chi connectivity index (χ1n) is 8.57. The fourth-order valence-corrected chi connectivity index (χ4v) is 4.11. The lowest BCUT2D eigenvalue weighted by Crippen LogP contribution is -2.45. The molecule has 2 aliphatic rings. The number of nitrogens with zero attached hydrogens (tertiary/aromatic N) is 1. The molecule has 1 amide bonds. The van der Waals surface area contributed by atoms with Gasteiger partial charge in [0, 0.05) is 32.0 Å². The third-order valence-corrected chi connectivity index (χ3v) is 5.39. The van der Waals surface area contributed by atoms with Crippen LogP contribution in [0.1, 0.15) is 29.5 Å². The molecule has 1 N–H and O–H groups in total. The number of hydrogen-bond donors (Lipinski definition) is 1. The molecule has 130 valence electrons. The third-order valence-electron chi connectivity index (χ3n) is 5.39. The zero-order valence-corrected chi connectivity index (χ0v) is 14.4. The molecule has 0 radical (unpaired) electrons. The van der Waals surface area contributed by atoms with E-state index in [1.807, 2.05) is 0 Å². The van der Waals surface area contributed by atoms with Crippen LogP contribution in [0.5, 0.6) is 0 Å². The minimum absolute atomic E-state index is 0.0455. The smallest absolute Gasteiger partial charge is 0.311 e. The van der Waals surface area contributed by atoms with Gasteiger partial charge in [0.1, 0.15) is 0 Å². The monoisotopic (exact) mass is 331 g/mol. The normalized spacial score (nSPS) is 26.2. The van der Waals surface area contributed by atoms with E-state index in [0.717, 1.165) is 5.56 Å². The minimum Gasteiger partial charge on any atom is -0.481 e. The van der Waals surface area contributed by atoms with E-state index >= 15 is 0 Å². The lowest BCUT2D eigenvalue weighted by atomic mass is 9.74. The summed E-state index contributed by atoms with van der Waals surface area (Å²) >= 11 is 0. The molecule has 0 bridgehead atoms. The number of carbonyl (C=O) groups is 2. The van der Waals surface area contributed by atoms with Gasteiger partial charge in [-0.25, -0.2) is 0 Å². The number of carboxylic acids is 1. The van der Waals surface area contributed by atoms with Crippen LogP contribution in [0.2, 0.25) is 0 Å². The van der Waals surface area contributed by atoms with Crippen molar-refractivity contribution < 1.29 is 19.4 Å². The second-order valence-electron chi connectivity index (χ2n) is 7.25. The van der Waals surface area contributed by atoms with Gasteiger partial charge in [-0.15, -0.1) is 0 Å². The molecule has 2 fully saturated rings. The van der Waals surface area contributed by atoms with Gasteiger partial charge in [-0.05, 0) is 32.3 Å². The molecule has 5 nitrogen and oxygen atoms in total. The van der Waals surface area contributed by atoms with Crippen molar-refractivity contribution in [2.45, 2.75) is 33.1 Å². The Morgan fingerprint density at radius 3 is 2.62 bits per heavy atom. The molecule has 24 heavy (non-hydrogen) atoms. The number of amides is 1.